The second-order valence-electron chi connectivity index (χ2n) is 6.97. The van der Waals surface area contributed by atoms with E-state index in [1.54, 1.807) is 24.9 Å². The fraction of sp³-hybridized carbons (Fsp3) is 0.421. The minimum absolute atomic E-state index is 0.0906. The van der Waals surface area contributed by atoms with Gasteiger partial charge in [-0.15, -0.1) is 0 Å². The Morgan fingerprint density at radius 1 is 1.26 bits per heavy atom. The quantitative estimate of drug-likeness (QED) is 0.841. The van der Waals surface area contributed by atoms with Crippen LogP contribution in [0.3, 0.4) is 0 Å². The van der Waals surface area contributed by atoms with Gasteiger partial charge in [0.05, 0.1) is 17.5 Å². The van der Waals surface area contributed by atoms with Gasteiger partial charge >= 0.3 is 0 Å². The second-order valence-corrected chi connectivity index (χ2v) is 9.20. The van der Waals surface area contributed by atoms with Crippen LogP contribution < -0.4 is 10.2 Å². The average molecular weight is 388 g/mol. The Labute approximate surface area is 159 Å². The van der Waals surface area contributed by atoms with Crippen LogP contribution in [-0.4, -0.2) is 48.9 Å². The third-order valence-corrected chi connectivity index (χ3v) is 6.54. The number of carbonyl (C=O) groups excluding carboxylic acids is 1. The van der Waals surface area contributed by atoms with Gasteiger partial charge in [-0.05, 0) is 31.9 Å². The molecular formula is C19H24N4O3S. The predicted octanol–water partition coefficient (Wildman–Crippen LogP) is 1.90. The van der Waals surface area contributed by atoms with Crippen LogP contribution in [0.15, 0.2) is 36.4 Å². The van der Waals surface area contributed by atoms with Crippen molar-refractivity contribution in [1.82, 2.24) is 15.3 Å². The highest BCUT2D eigenvalue weighted by molar-refractivity contribution is 7.91. The molecule has 2 heterocycles. The molecule has 1 saturated heterocycles. The molecule has 1 aliphatic heterocycles. The number of amides is 1. The Morgan fingerprint density at radius 2 is 1.96 bits per heavy atom. The Morgan fingerprint density at radius 3 is 2.59 bits per heavy atom. The van der Waals surface area contributed by atoms with Crippen molar-refractivity contribution >= 4 is 21.7 Å². The number of anilines is 1. The zero-order valence-corrected chi connectivity index (χ0v) is 16.5. The molecule has 27 heavy (non-hydrogen) atoms. The van der Waals surface area contributed by atoms with Crippen molar-refractivity contribution in [2.75, 3.05) is 23.5 Å². The number of rotatable bonds is 5. The molecule has 0 spiro atoms. The third kappa shape index (κ3) is 4.63. The van der Waals surface area contributed by atoms with E-state index in [0.29, 0.717) is 18.1 Å². The van der Waals surface area contributed by atoms with Gasteiger partial charge < -0.3 is 10.2 Å². The van der Waals surface area contributed by atoms with Gasteiger partial charge in [0.15, 0.2) is 9.84 Å². The largest absolute Gasteiger partial charge is 0.344 e. The summed E-state index contributed by atoms with van der Waals surface area (Å²) in [6.45, 7) is 3.71. The van der Waals surface area contributed by atoms with Crippen LogP contribution in [0.4, 0.5) is 5.95 Å². The molecule has 144 valence electrons. The Hall–Kier alpha value is -2.48. The number of sulfone groups is 1. The van der Waals surface area contributed by atoms with Crippen molar-refractivity contribution in [2.45, 2.75) is 32.4 Å². The molecule has 0 radical (unpaired) electrons. The first-order valence-electron chi connectivity index (χ1n) is 8.90. The smallest absolute Gasteiger partial charge is 0.270 e. The number of aryl methyl sites for hydroxylation is 1. The Bertz CT molecular complexity index is 931. The number of nitrogens with zero attached hydrogens (tertiary/aromatic N) is 3. The predicted molar refractivity (Wildman–Crippen MR) is 105 cm³/mol. The van der Waals surface area contributed by atoms with Crippen LogP contribution in [0.5, 0.6) is 0 Å². The van der Waals surface area contributed by atoms with E-state index < -0.39 is 9.84 Å². The number of benzene rings is 1. The lowest BCUT2D eigenvalue weighted by Gasteiger charge is -2.24. The fourth-order valence-electron chi connectivity index (χ4n) is 3.17. The van der Waals surface area contributed by atoms with Gasteiger partial charge in [-0.25, -0.2) is 18.4 Å². The van der Waals surface area contributed by atoms with Crippen molar-refractivity contribution in [3.63, 3.8) is 0 Å². The lowest BCUT2D eigenvalue weighted by atomic mass is 10.1. The molecule has 1 N–H and O–H groups in total. The van der Waals surface area contributed by atoms with Crippen molar-refractivity contribution in [1.29, 1.82) is 0 Å². The maximum atomic E-state index is 12.7. The van der Waals surface area contributed by atoms with E-state index in [9.17, 15) is 13.2 Å². The molecule has 0 bridgehead atoms. The van der Waals surface area contributed by atoms with Gasteiger partial charge in [0.1, 0.15) is 5.69 Å². The molecule has 3 rings (SSSR count). The molecule has 1 aromatic heterocycles. The van der Waals surface area contributed by atoms with E-state index in [-0.39, 0.29) is 35.2 Å². The first-order chi connectivity index (χ1) is 12.7. The summed E-state index contributed by atoms with van der Waals surface area (Å²) in [6.07, 6.45) is 0.544. The second kappa shape index (κ2) is 7.64. The standard InChI is InChI=1S/C19H24N4O3S/c1-13-11-17(18(24)21-14(2)15-7-5-4-6-8-15)22-19(20-13)23(3)16-9-10-27(25,26)12-16/h4-8,11,14,16H,9-10,12H2,1-3H3,(H,21,24). The highest BCUT2D eigenvalue weighted by atomic mass is 32.2. The number of hydrogen-bond donors (Lipinski definition) is 1. The van der Waals surface area contributed by atoms with E-state index in [1.807, 2.05) is 37.3 Å². The topological polar surface area (TPSA) is 92.3 Å². The number of carbonyl (C=O) groups is 1. The Kier molecular flexibility index (Phi) is 5.46. The molecule has 2 atom stereocenters. The summed E-state index contributed by atoms with van der Waals surface area (Å²) >= 11 is 0. The molecule has 7 nitrogen and oxygen atoms in total. The van der Waals surface area contributed by atoms with Crippen molar-refractivity contribution in [3.05, 3.63) is 53.3 Å². The minimum atomic E-state index is -3.01. The average Bonchev–Trinajstić information content (AvgIpc) is 3.01. The van der Waals surface area contributed by atoms with E-state index in [4.69, 9.17) is 0 Å². The Balaban J connectivity index is 1.77. The number of aromatic nitrogens is 2. The van der Waals surface area contributed by atoms with Gasteiger partial charge in [0.25, 0.3) is 5.91 Å². The third-order valence-electron chi connectivity index (χ3n) is 4.79. The summed E-state index contributed by atoms with van der Waals surface area (Å²) < 4.78 is 23.5. The molecule has 1 aliphatic rings. The number of hydrogen-bond acceptors (Lipinski definition) is 6. The maximum absolute atomic E-state index is 12.7. The molecule has 1 fully saturated rings. The van der Waals surface area contributed by atoms with Crippen LogP contribution in [-0.2, 0) is 9.84 Å². The van der Waals surface area contributed by atoms with Crippen LogP contribution in [0.2, 0.25) is 0 Å². The zero-order valence-electron chi connectivity index (χ0n) is 15.7. The van der Waals surface area contributed by atoms with Gasteiger partial charge in [-0.1, -0.05) is 30.3 Å². The maximum Gasteiger partial charge on any atom is 0.270 e. The van der Waals surface area contributed by atoms with Gasteiger partial charge in [0, 0.05) is 18.8 Å². The normalized spacial score (nSPS) is 19.4. The van der Waals surface area contributed by atoms with Gasteiger partial charge in [-0.2, -0.15) is 0 Å². The summed E-state index contributed by atoms with van der Waals surface area (Å²) in [6, 6.07) is 11.0. The van der Waals surface area contributed by atoms with Gasteiger partial charge in [0.2, 0.25) is 5.95 Å². The fourth-order valence-corrected chi connectivity index (χ4v) is 4.94. The summed E-state index contributed by atoms with van der Waals surface area (Å²) in [5.74, 6) is 0.350. The molecule has 0 aliphatic carbocycles. The van der Waals surface area contributed by atoms with E-state index in [2.05, 4.69) is 15.3 Å². The molecule has 2 aromatic rings. The summed E-state index contributed by atoms with van der Waals surface area (Å²) in [5, 5.41) is 2.94. The minimum Gasteiger partial charge on any atom is -0.344 e. The van der Waals surface area contributed by atoms with Crippen molar-refractivity contribution in [3.8, 4) is 0 Å². The van der Waals surface area contributed by atoms with Crippen molar-refractivity contribution < 1.29 is 13.2 Å². The highest BCUT2D eigenvalue weighted by Crippen LogP contribution is 2.21. The summed E-state index contributed by atoms with van der Waals surface area (Å²) in [7, 11) is -1.24. The lowest BCUT2D eigenvalue weighted by molar-refractivity contribution is 0.0934. The molecule has 1 amide bonds. The molecule has 1 aromatic carbocycles. The van der Waals surface area contributed by atoms with Crippen molar-refractivity contribution in [2.24, 2.45) is 0 Å². The monoisotopic (exact) mass is 388 g/mol. The summed E-state index contributed by atoms with van der Waals surface area (Å²) in [5.41, 5.74) is 1.93. The van der Waals surface area contributed by atoms with E-state index in [1.165, 1.54) is 0 Å². The first kappa shape index (κ1) is 19.3. The zero-order chi connectivity index (χ0) is 19.6. The summed E-state index contributed by atoms with van der Waals surface area (Å²) in [4.78, 5) is 23.2. The molecule has 2 unspecified atom stereocenters. The van der Waals surface area contributed by atoms with Crippen LogP contribution in [0.1, 0.15) is 41.1 Å². The van der Waals surface area contributed by atoms with E-state index in [0.717, 1.165) is 5.56 Å². The lowest BCUT2D eigenvalue weighted by Crippen LogP contribution is -2.35. The number of nitrogens with one attached hydrogen (secondary N) is 1. The van der Waals surface area contributed by atoms with Crippen LogP contribution in [0, 0.1) is 6.92 Å². The van der Waals surface area contributed by atoms with Crippen LogP contribution in [0.25, 0.3) is 0 Å². The molecule has 8 heteroatoms. The van der Waals surface area contributed by atoms with E-state index >= 15 is 0 Å². The molecule has 0 saturated carbocycles. The van der Waals surface area contributed by atoms with Crippen LogP contribution >= 0.6 is 0 Å². The first-order valence-corrected chi connectivity index (χ1v) is 10.7. The highest BCUT2D eigenvalue weighted by Gasteiger charge is 2.32. The SMILES string of the molecule is Cc1cc(C(=O)NC(C)c2ccccc2)nc(N(C)C2CCS(=O)(=O)C2)n1. The van der Waals surface area contributed by atoms with Gasteiger partial charge in [-0.3, -0.25) is 4.79 Å². The molecular weight excluding hydrogens is 364 g/mol.